The normalized spacial score (nSPS) is 13.5. The molecule has 0 spiro atoms. The lowest BCUT2D eigenvalue weighted by atomic mass is 10.1. The summed E-state index contributed by atoms with van der Waals surface area (Å²) < 4.78 is 0. The van der Waals surface area contributed by atoms with E-state index in [1.54, 1.807) is 36.4 Å². The third kappa shape index (κ3) is 2.45. The van der Waals surface area contributed by atoms with E-state index in [1.165, 1.54) is 4.90 Å². The van der Waals surface area contributed by atoms with Crippen molar-refractivity contribution in [2.45, 2.75) is 13.5 Å². The number of hydrogen-bond acceptors (Lipinski definition) is 3. The van der Waals surface area contributed by atoms with E-state index in [4.69, 9.17) is 23.8 Å². The van der Waals surface area contributed by atoms with Gasteiger partial charge in [-0.1, -0.05) is 48.1 Å². The molecule has 5 heteroatoms. The lowest BCUT2D eigenvalue weighted by molar-refractivity contribution is 0.0642. The monoisotopic (exact) mass is 329 g/mol. The van der Waals surface area contributed by atoms with Crippen LogP contribution in [0.4, 0.5) is 0 Å². The molecule has 3 nitrogen and oxygen atoms in total. The Labute approximate surface area is 138 Å². The van der Waals surface area contributed by atoms with Crippen molar-refractivity contribution in [1.29, 1.82) is 0 Å². The molecule has 0 aromatic heterocycles. The SMILES string of the molecule is CC(=S)c1ccc(CN2C(=O)c3ccccc3C2=O)c(Cl)c1. The lowest BCUT2D eigenvalue weighted by Crippen LogP contribution is -2.29. The minimum absolute atomic E-state index is 0.155. The average molecular weight is 330 g/mol. The Hall–Kier alpha value is -2.04. The standard InChI is InChI=1S/C17H12ClNO2S/c1-10(22)11-6-7-12(15(18)8-11)9-19-16(20)13-4-2-3-5-14(13)17(19)21/h2-8H,9H2,1H3. The largest absolute Gasteiger partial charge is 0.270 e. The van der Waals surface area contributed by atoms with Gasteiger partial charge in [0.15, 0.2) is 0 Å². The number of nitrogens with zero attached hydrogens (tertiary/aromatic N) is 1. The molecule has 0 atom stereocenters. The Bertz CT molecular complexity index is 781. The van der Waals surface area contributed by atoms with Crippen molar-refractivity contribution in [3.05, 3.63) is 69.7 Å². The highest BCUT2D eigenvalue weighted by Gasteiger charge is 2.35. The maximum absolute atomic E-state index is 12.3. The van der Waals surface area contributed by atoms with E-state index in [9.17, 15) is 9.59 Å². The number of imide groups is 1. The summed E-state index contributed by atoms with van der Waals surface area (Å²) in [4.78, 5) is 26.6. The number of benzene rings is 2. The summed E-state index contributed by atoms with van der Waals surface area (Å²) in [7, 11) is 0. The second-order valence-corrected chi connectivity index (χ2v) is 6.12. The molecule has 0 unspecified atom stereocenters. The highest BCUT2D eigenvalue weighted by atomic mass is 35.5. The number of carbonyl (C=O) groups is 2. The fourth-order valence-corrected chi connectivity index (χ4v) is 2.81. The zero-order valence-corrected chi connectivity index (χ0v) is 13.4. The first-order valence-electron chi connectivity index (χ1n) is 6.73. The van der Waals surface area contributed by atoms with Crippen molar-refractivity contribution in [2.24, 2.45) is 0 Å². The minimum atomic E-state index is -0.285. The van der Waals surface area contributed by atoms with Crippen molar-refractivity contribution in [3.63, 3.8) is 0 Å². The average Bonchev–Trinajstić information content (AvgIpc) is 2.74. The van der Waals surface area contributed by atoms with E-state index in [1.807, 2.05) is 13.0 Å². The molecule has 2 amide bonds. The van der Waals surface area contributed by atoms with Crippen LogP contribution < -0.4 is 0 Å². The van der Waals surface area contributed by atoms with Crippen molar-refractivity contribution in [3.8, 4) is 0 Å². The third-order valence-corrected chi connectivity index (χ3v) is 4.25. The second-order valence-electron chi connectivity index (χ2n) is 5.10. The number of rotatable bonds is 3. The molecule has 1 aliphatic heterocycles. The Morgan fingerprint density at radius 3 is 2.18 bits per heavy atom. The molecule has 3 rings (SSSR count). The molecule has 0 bridgehead atoms. The van der Waals surface area contributed by atoms with Crippen LogP contribution in [-0.2, 0) is 6.54 Å². The van der Waals surface area contributed by atoms with Gasteiger partial charge >= 0.3 is 0 Å². The van der Waals surface area contributed by atoms with Crippen LogP contribution in [0.15, 0.2) is 42.5 Å². The number of fused-ring (bicyclic) bond motifs is 1. The Kier molecular flexibility index (Phi) is 3.81. The van der Waals surface area contributed by atoms with Crippen molar-refractivity contribution in [1.82, 2.24) is 4.90 Å². The van der Waals surface area contributed by atoms with E-state index in [2.05, 4.69) is 0 Å². The van der Waals surface area contributed by atoms with E-state index >= 15 is 0 Å². The third-order valence-electron chi connectivity index (χ3n) is 3.67. The smallest absolute Gasteiger partial charge is 0.261 e. The summed E-state index contributed by atoms with van der Waals surface area (Å²) in [5, 5.41) is 0.498. The molecule has 1 heterocycles. The lowest BCUT2D eigenvalue weighted by Gasteiger charge is -2.15. The van der Waals surface area contributed by atoms with Gasteiger partial charge in [0, 0.05) is 9.89 Å². The zero-order valence-electron chi connectivity index (χ0n) is 11.8. The topological polar surface area (TPSA) is 37.4 Å². The van der Waals surface area contributed by atoms with Crippen molar-refractivity contribution in [2.75, 3.05) is 0 Å². The van der Waals surface area contributed by atoms with E-state index in [0.717, 1.165) is 16.0 Å². The molecule has 0 radical (unpaired) electrons. The Morgan fingerprint density at radius 2 is 1.68 bits per heavy atom. The van der Waals surface area contributed by atoms with Crippen LogP contribution in [-0.4, -0.2) is 21.6 Å². The van der Waals surface area contributed by atoms with Crippen LogP contribution >= 0.6 is 23.8 Å². The zero-order chi connectivity index (χ0) is 15.9. The number of carbonyl (C=O) groups excluding carboxylic acids is 2. The van der Waals surface area contributed by atoms with Crippen LogP contribution in [0, 0.1) is 0 Å². The van der Waals surface area contributed by atoms with E-state index < -0.39 is 0 Å². The summed E-state index contributed by atoms with van der Waals surface area (Å²) >= 11 is 11.4. The van der Waals surface area contributed by atoms with Gasteiger partial charge in [0.25, 0.3) is 11.8 Å². The van der Waals surface area contributed by atoms with Crippen LogP contribution in [0.5, 0.6) is 0 Å². The molecular weight excluding hydrogens is 318 g/mol. The molecule has 0 saturated carbocycles. The van der Waals surface area contributed by atoms with Crippen LogP contribution in [0.1, 0.15) is 38.8 Å². The summed E-state index contributed by atoms with van der Waals surface area (Å²) in [5.41, 5.74) is 2.47. The van der Waals surface area contributed by atoms with Gasteiger partial charge in [-0.15, -0.1) is 0 Å². The first kappa shape index (κ1) is 14.9. The predicted octanol–water partition coefficient (Wildman–Crippen LogP) is 3.87. The van der Waals surface area contributed by atoms with Gasteiger partial charge in [-0.3, -0.25) is 14.5 Å². The van der Waals surface area contributed by atoms with Gasteiger partial charge in [0.1, 0.15) is 0 Å². The fourth-order valence-electron chi connectivity index (χ4n) is 2.45. The molecule has 2 aromatic carbocycles. The van der Waals surface area contributed by atoms with E-state index in [-0.39, 0.29) is 18.4 Å². The number of halogens is 1. The quantitative estimate of drug-likeness (QED) is 0.487. The van der Waals surface area contributed by atoms with Crippen LogP contribution in [0.2, 0.25) is 5.02 Å². The van der Waals surface area contributed by atoms with Crippen LogP contribution in [0.3, 0.4) is 0 Å². The molecule has 0 N–H and O–H groups in total. The number of hydrogen-bond donors (Lipinski definition) is 0. The molecule has 0 fully saturated rings. The maximum Gasteiger partial charge on any atom is 0.261 e. The highest BCUT2D eigenvalue weighted by Crippen LogP contribution is 2.27. The van der Waals surface area contributed by atoms with E-state index in [0.29, 0.717) is 16.1 Å². The highest BCUT2D eigenvalue weighted by molar-refractivity contribution is 7.80. The van der Waals surface area contributed by atoms with Gasteiger partial charge in [-0.2, -0.15) is 0 Å². The van der Waals surface area contributed by atoms with Crippen molar-refractivity contribution < 1.29 is 9.59 Å². The summed E-state index contributed by atoms with van der Waals surface area (Å²) in [5.74, 6) is -0.571. The number of thiocarbonyl (C=S) groups is 1. The number of amides is 2. The molecule has 1 aliphatic rings. The molecule has 0 aliphatic carbocycles. The molecule has 110 valence electrons. The first-order chi connectivity index (χ1) is 10.5. The predicted molar refractivity (Wildman–Crippen MR) is 89.5 cm³/mol. The second kappa shape index (κ2) is 5.63. The Balaban J connectivity index is 1.91. The Morgan fingerprint density at radius 1 is 1.09 bits per heavy atom. The molecule has 0 saturated heterocycles. The molecular formula is C17H12ClNO2S. The summed E-state index contributed by atoms with van der Waals surface area (Å²) in [6.07, 6.45) is 0. The van der Waals surface area contributed by atoms with Gasteiger partial charge in [-0.25, -0.2) is 0 Å². The van der Waals surface area contributed by atoms with Gasteiger partial charge in [-0.05, 0) is 36.2 Å². The van der Waals surface area contributed by atoms with Gasteiger partial charge in [0.05, 0.1) is 17.7 Å². The fraction of sp³-hybridized carbons (Fsp3) is 0.118. The van der Waals surface area contributed by atoms with Gasteiger partial charge < -0.3 is 0 Å². The minimum Gasteiger partial charge on any atom is -0.270 e. The maximum atomic E-state index is 12.3. The summed E-state index contributed by atoms with van der Waals surface area (Å²) in [6.45, 7) is 1.98. The van der Waals surface area contributed by atoms with Crippen LogP contribution in [0.25, 0.3) is 0 Å². The molecule has 2 aromatic rings. The van der Waals surface area contributed by atoms with Crippen molar-refractivity contribution >= 4 is 40.5 Å². The summed E-state index contributed by atoms with van der Waals surface area (Å²) in [6, 6.07) is 12.2. The van der Waals surface area contributed by atoms with Gasteiger partial charge in [0.2, 0.25) is 0 Å². The molecule has 22 heavy (non-hydrogen) atoms. The first-order valence-corrected chi connectivity index (χ1v) is 7.52.